The second-order valence-electron chi connectivity index (χ2n) is 3.50. The van der Waals surface area contributed by atoms with E-state index in [2.05, 4.69) is 18.8 Å². The molecular weight excluding hydrogens is 150 g/mol. The van der Waals surface area contributed by atoms with Crippen molar-refractivity contribution in [1.82, 2.24) is 0 Å². The summed E-state index contributed by atoms with van der Waals surface area (Å²) in [4.78, 5) is 4.44. The van der Waals surface area contributed by atoms with Crippen molar-refractivity contribution >= 4 is 5.71 Å². The lowest BCUT2D eigenvalue weighted by Crippen LogP contribution is -2.13. The highest BCUT2D eigenvalue weighted by Crippen LogP contribution is 2.17. The van der Waals surface area contributed by atoms with Crippen LogP contribution in [-0.2, 0) is 4.74 Å². The van der Waals surface area contributed by atoms with Crippen molar-refractivity contribution < 1.29 is 4.74 Å². The fourth-order valence-corrected chi connectivity index (χ4v) is 1.40. The first-order chi connectivity index (χ1) is 5.74. The van der Waals surface area contributed by atoms with Crippen LogP contribution in [0.1, 0.15) is 46.5 Å². The molecular formula is C10H19NO. The molecule has 70 valence electrons. The maximum Gasteiger partial charge on any atom is 0.149 e. The summed E-state index contributed by atoms with van der Waals surface area (Å²) < 4.78 is 5.62. The summed E-state index contributed by atoms with van der Waals surface area (Å²) in [5.41, 5.74) is 1.15. The van der Waals surface area contributed by atoms with Gasteiger partial charge in [0.25, 0.3) is 0 Å². The SMILES string of the molecule is CCCCCC1N=C(C)C(C)O1. The summed E-state index contributed by atoms with van der Waals surface area (Å²) in [5.74, 6) is 0. The first-order valence-electron chi connectivity index (χ1n) is 4.93. The highest BCUT2D eigenvalue weighted by atomic mass is 16.5. The summed E-state index contributed by atoms with van der Waals surface area (Å²) in [6.07, 6.45) is 5.30. The van der Waals surface area contributed by atoms with Gasteiger partial charge in [0.05, 0.1) is 6.10 Å². The van der Waals surface area contributed by atoms with Crippen molar-refractivity contribution in [2.75, 3.05) is 0 Å². The Balaban J connectivity index is 2.19. The van der Waals surface area contributed by atoms with Crippen LogP contribution in [-0.4, -0.2) is 18.0 Å². The van der Waals surface area contributed by atoms with Crippen LogP contribution in [0.4, 0.5) is 0 Å². The van der Waals surface area contributed by atoms with Crippen LogP contribution in [0.2, 0.25) is 0 Å². The van der Waals surface area contributed by atoms with Gasteiger partial charge >= 0.3 is 0 Å². The molecule has 0 saturated carbocycles. The van der Waals surface area contributed by atoms with E-state index in [1.807, 2.05) is 6.92 Å². The molecule has 2 atom stereocenters. The minimum atomic E-state index is 0.159. The van der Waals surface area contributed by atoms with E-state index in [1.165, 1.54) is 19.3 Å². The van der Waals surface area contributed by atoms with Crippen molar-refractivity contribution in [3.8, 4) is 0 Å². The summed E-state index contributed by atoms with van der Waals surface area (Å²) in [5, 5.41) is 0. The number of unbranched alkanes of at least 4 members (excludes halogenated alkanes) is 2. The third kappa shape index (κ3) is 2.59. The molecule has 0 saturated heterocycles. The zero-order valence-corrected chi connectivity index (χ0v) is 8.34. The van der Waals surface area contributed by atoms with E-state index < -0.39 is 0 Å². The Kier molecular flexibility index (Phi) is 3.73. The molecule has 1 rings (SSSR count). The normalized spacial score (nSPS) is 29.1. The van der Waals surface area contributed by atoms with Gasteiger partial charge < -0.3 is 4.74 Å². The number of hydrogen-bond acceptors (Lipinski definition) is 2. The van der Waals surface area contributed by atoms with Gasteiger partial charge in [-0.3, -0.25) is 4.99 Å². The molecule has 2 heteroatoms. The van der Waals surface area contributed by atoms with Crippen LogP contribution in [0.5, 0.6) is 0 Å². The van der Waals surface area contributed by atoms with Gasteiger partial charge in [0.2, 0.25) is 0 Å². The average molecular weight is 169 g/mol. The topological polar surface area (TPSA) is 21.6 Å². The predicted molar refractivity (Wildman–Crippen MR) is 51.6 cm³/mol. The zero-order chi connectivity index (χ0) is 8.97. The van der Waals surface area contributed by atoms with Gasteiger partial charge in [0.1, 0.15) is 6.23 Å². The number of hydrogen-bond donors (Lipinski definition) is 0. The molecule has 0 spiro atoms. The largest absolute Gasteiger partial charge is 0.348 e. The summed E-state index contributed by atoms with van der Waals surface area (Å²) in [7, 11) is 0. The van der Waals surface area contributed by atoms with Gasteiger partial charge in [0.15, 0.2) is 0 Å². The van der Waals surface area contributed by atoms with E-state index >= 15 is 0 Å². The minimum Gasteiger partial charge on any atom is -0.348 e. The quantitative estimate of drug-likeness (QED) is 0.593. The van der Waals surface area contributed by atoms with Crippen LogP contribution >= 0.6 is 0 Å². The van der Waals surface area contributed by atoms with Gasteiger partial charge in [-0.2, -0.15) is 0 Å². The lowest BCUT2D eigenvalue weighted by Gasteiger charge is -2.08. The predicted octanol–water partition coefficient (Wildman–Crippen LogP) is 2.77. The molecule has 1 heterocycles. The number of ether oxygens (including phenoxy) is 1. The Bertz CT molecular complexity index is 165. The summed E-state index contributed by atoms with van der Waals surface area (Å²) >= 11 is 0. The van der Waals surface area contributed by atoms with E-state index in [1.54, 1.807) is 0 Å². The number of nitrogens with zero attached hydrogens (tertiary/aromatic N) is 1. The fraction of sp³-hybridized carbons (Fsp3) is 0.900. The van der Waals surface area contributed by atoms with Crippen LogP contribution in [0.15, 0.2) is 4.99 Å². The molecule has 0 fully saturated rings. The van der Waals surface area contributed by atoms with Gasteiger partial charge in [-0.25, -0.2) is 0 Å². The Labute approximate surface area is 75.0 Å². The van der Waals surface area contributed by atoms with Crippen LogP contribution in [0.3, 0.4) is 0 Å². The maximum atomic E-state index is 5.62. The van der Waals surface area contributed by atoms with Crippen molar-refractivity contribution in [3.05, 3.63) is 0 Å². The van der Waals surface area contributed by atoms with Gasteiger partial charge in [0, 0.05) is 5.71 Å². The van der Waals surface area contributed by atoms with Crippen LogP contribution < -0.4 is 0 Å². The first-order valence-corrected chi connectivity index (χ1v) is 4.93. The third-order valence-corrected chi connectivity index (χ3v) is 2.35. The molecule has 0 N–H and O–H groups in total. The maximum absolute atomic E-state index is 5.62. The monoisotopic (exact) mass is 169 g/mol. The molecule has 2 unspecified atom stereocenters. The highest BCUT2D eigenvalue weighted by Gasteiger charge is 2.20. The summed E-state index contributed by atoms with van der Waals surface area (Å²) in [6.45, 7) is 6.33. The van der Waals surface area contributed by atoms with Crippen molar-refractivity contribution in [1.29, 1.82) is 0 Å². The second kappa shape index (κ2) is 4.61. The molecule has 1 aliphatic heterocycles. The van der Waals surface area contributed by atoms with E-state index in [-0.39, 0.29) is 12.3 Å². The molecule has 0 aromatic carbocycles. The minimum absolute atomic E-state index is 0.159. The van der Waals surface area contributed by atoms with Crippen LogP contribution in [0, 0.1) is 0 Å². The van der Waals surface area contributed by atoms with Gasteiger partial charge in [-0.05, 0) is 26.7 Å². The molecule has 0 radical (unpaired) electrons. The Morgan fingerprint density at radius 1 is 1.42 bits per heavy atom. The van der Waals surface area contributed by atoms with E-state index in [0.29, 0.717) is 0 Å². The summed E-state index contributed by atoms with van der Waals surface area (Å²) in [6, 6.07) is 0. The zero-order valence-electron chi connectivity index (χ0n) is 8.34. The Morgan fingerprint density at radius 2 is 2.17 bits per heavy atom. The third-order valence-electron chi connectivity index (χ3n) is 2.35. The average Bonchev–Trinajstić information content (AvgIpc) is 2.32. The van der Waals surface area contributed by atoms with Gasteiger partial charge in [-0.1, -0.05) is 19.8 Å². The molecule has 0 bridgehead atoms. The molecule has 0 amide bonds. The van der Waals surface area contributed by atoms with Crippen LogP contribution in [0.25, 0.3) is 0 Å². The number of aliphatic imine (C=N–C) groups is 1. The highest BCUT2D eigenvalue weighted by molar-refractivity contribution is 5.87. The number of rotatable bonds is 4. The standard InChI is InChI=1S/C10H19NO/c1-4-5-6-7-10-11-8(2)9(3)12-10/h9-10H,4-7H2,1-3H3. The molecule has 12 heavy (non-hydrogen) atoms. The second-order valence-corrected chi connectivity index (χ2v) is 3.50. The van der Waals surface area contributed by atoms with E-state index in [4.69, 9.17) is 4.74 Å². The fourth-order valence-electron chi connectivity index (χ4n) is 1.40. The molecule has 1 aliphatic rings. The van der Waals surface area contributed by atoms with Crippen molar-refractivity contribution in [2.24, 2.45) is 4.99 Å². The Morgan fingerprint density at radius 3 is 2.67 bits per heavy atom. The lowest BCUT2D eigenvalue weighted by molar-refractivity contribution is 0.0527. The van der Waals surface area contributed by atoms with Gasteiger partial charge in [-0.15, -0.1) is 0 Å². The van der Waals surface area contributed by atoms with Crippen molar-refractivity contribution in [3.63, 3.8) is 0 Å². The molecule has 0 aromatic rings. The lowest BCUT2D eigenvalue weighted by atomic mass is 10.2. The molecule has 0 aliphatic carbocycles. The smallest absolute Gasteiger partial charge is 0.149 e. The van der Waals surface area contributed by atoms with E-state index in [0.717, 1.165) is 12.1 Å². The molecule has 2 nitrogen and oxygen atoms in total. The van der Waals surface area contributed by atoms with Crippen molar-refractivity contribution in [2.45, 2.75) is 58.8 Å². The first kappa shape index (κ1) is 9.72. The molecule has 0 aromatic heterocycles. The Hall–Kier alpha value is -0.370. The van der Waals surface area contributed by atoms with E-state index in [9.17, 15) is 0 Å².